The number of thioether (sulfide) groups is 1. The van der Waals surface area contributed by atoms with Gasteiger partial charge in [-0.05, 0) is 49.4 Å². The van der Waals surface area contributed by atoms with Gasteiger partial charge in [0.1, 0.15) is 5.75 Å². The highest BCUT2D eigenvalue weighted by atomic mass is 32.2. The molecule has 2 aromatic rings. The van der Waals surface area contributed by atoms with Gasteiger partial charge in [-0.2, -0.15) is 0 Å². The smallest absolute Gasteiger partial charge is 0.227 e. The standard InChI is InChI=1S/C18H21NO2S/c1-13-7-6-9-16(14(13)2)21-12-11-18(20)19-15-8-4-5-10-17(15)22-3/h4-10H,11-12H2,1-3H3,(H,19,20). The van der Waals surface area contributed by atoms with E-state index in [4.69, 9.17) is 4.74 Å². The van der Waals surface area contributed by atoms with Crippen molar-refractivity contribution in [2.75, 3.05) is 18.2 Å². The summed E-state index contributed by atoms with van der Waals surface area (Å²) in [7, 11) is 0. The fourth-order valence-electron chi connectivity index (χ4n) is 2.09. The van der Waals surface area contributed by atoms with Gasteiger partial charge in [0, 0.05) is 4.90 Å². The van der Waals surface area contributed by atoms with Crippen LogP contribution in [0, 0.1) is 13.8 Å². The molecular weight excluding hydrogens is 294 g/mol. The van der Waals surface area contributed by atoms with E-state index in [2.05, 4.69) is 5.32 Å². The van der Waals surface area contributed by atoms with E-state index in [1.54, 1.807) is 11.8 Å². The zero-order chi connectivity index (χ0) is 15.9. The number of carbonyl (C=O) groups is 1. The minimum Gasteiger partial charge on any atom is -0.493 e. The highest BCUT2D eigenvalue weighted by Crippen LogP contribution is 2.25. The summed E-state index contributed by atoms with van der Waals surface area (Å²) in [4.78, 5) is 13.1. The molecule has 0 heterocycles. The SMILES string of the molecule is CSc1ccccc1NC(=O)CCOc1cccc(C)c1C. The summed E-state index contributed by atoms with van der Waals surface area (Å²) in [5.74, 6) is 0.809. The molecule has 1 amide bonds. The van der Waals surface area contributed by atoms with Crippen molar-refractivity contribution >= 4 is 23.4 Å². The molecule has 0 saturated carbocycles. The topological polar surface area (TPSA) is 38.3 Å². The third-order valence-corrected chi connectivity index (χ3v) is 4.32. The lowest BCUT2D eigenvalue weighted by Crippen LogP contribution is -2.15. The molecule has 0 aliphatic heterocycles. The summed E-state index contributed by atoms with van der Waals surface area (Å²) in [6, 6.07) is 13.7. The summed E-state index contributed by atoms with van der Waals surface area (Å²) in [5.41, 5.74) is 3.17. The van der Waals surface area contributed by atoms with Crippen LogP contribution in [-0.4, -0.2) is 18.8 Å². The van der Waals surface area contributed by atoms with Crippen molar-refractivity contribution in [1.29, 1.82) is 0 Å². The number of ether oxygens (including phenoxy) is 1. The Morgan fingerprint density at radius 3 is 2.68 bits per heavy atom. The van der Waals surface area contributed by atoms with E-state index >= 15 is 0 Å². The summed E-state index contributed by atoms with van der Waals surface area (Å²) in [6.45, 7) is 4.45. The summed E-state index contributed by atoms with van der Waals surface area (Å²) in [5, 5.41) is 2.93. The van der Waals surface area contributed by atoms with Crippen LogP contribution in [0.4, 0.5) is 5.69 Å². The molecule has 0 aliphatic carbocycles. The summed E-state index contributed by atoms with van der Waals surface area (Å²) in [6.07, 6.45) is 2.32. The Kier molecular flexibility index (Phi) is 5.90. The van der Waals surface area contributed by atoms with Gasteiger partial charge in [0.25, 0.3) is 0 Å². The molecule has 0 radical (unpaired) electrons. The number of rotatable bonds is 6. The van der Waals surface area contributed by atoms with Gasteiger partial charge in [0.15, 0.2) is 0 Å². The molecule has 2 aromatic carbocycles. The average molecular weight is 315 g/mol. The van der Waals surface area contributed by atoms with Crippen LogP contribution >= 0.6 is 11.8 Å². The second-order valence-electron chi connectivity index (χ2n) is 5.04. The average Bonchev–Trinajstić information content (AvgIpc) is 2.52. The van der Waals surface area contributed by atoms with E-state index < -0.39 is 0 Å². The number of nitrogens with one attached hydrogen (secondary N) is 1. The molecule has 22 heavy (non-hydrogen) atoms. The van der Waals surface area contributed by atoms with Crippen molar-refractivity contribution in [2.45, 2.75) is 25.2 Å². The normalized spacial score (nSPS) is 10.3. The molecule has 0 bridgehead atoms. The first kappa shape index (κ1) is 16.4. The predicted octanol–water partition coefficient (Wildman–Crippen LogP) is 4.43. The molecule has 0 unspecified atom stereocenters. The molecule has 0 aliphatic rings. The Bertz CT molecular complexity index is 655. The maximum Gasteiger partial charge on any atom is 0.227 e. The van der Waals surface area contributed by atoms with Gasteiger partial charge in [0.05, 0.1) is 18.7 Å². The highest BCUT2D eigenvalue weighted by Gasteiger charge is 2.07. The van der Waals surface area contributed by atoms with E-state index in [9.17, 15) is 4.79 Å². The molecule has 0 atom stereocenters. The number of hydrogen-bond acceptors (Lipinski definition) is 3. The van der Waals surface area contributed by atoms with Crippen molar-refractivity contribution in [2.24, 2.45) is 0 Å². The number of aryl methyl sites for hydroxylation is 1. The van der Waals surface area contributed by atoms with Gasteiger partial charge in [-0.15, -0.1) is 11.8 Å². The fourth-order valence-corrected chi connectivity index (χ4v) is 2.65. The number of amides is 1. The van der Waals surface area contributed by atoms with E-state index in [1.165, 1.54) is 5.56 Å². The molecular formula is C18H21NO2S. The van der Waals surface area contributed by atoms with Crippen LogP contribution in [0.15, 0.2) is 47.4 Å². The Morgan fingerprint density at radius 2 is 1.91 bits per heavy atom. The van der Waals surface area contributed by atoms with E-state index in [0.717, 1.165) is 21.9 Å². The van der Waals surface area contributed by atoms with Gasteiger partial charge in [-0.25, -0.2) is 0 Å². The molecule has 0 fully saturated rings. The number of para-hydroxylation sites is 1. The Hall–Kier alpha value is -1.94. The van der Waals surface area contributed by atoms with Gasteiger partial charge in [0.2, 0.25) is 5.91 Å². The third kappa shape index (κ3) is 4.28. The van der Waals surface area contributed by atoms with Crippen molar-refractivity contribution in [3.63, 3.8) is 0 Å². The third-order valence-electron chi connectivity index (χ3n) is 3.52. The van der Waals surface area contributed by atoms with Crippen LogP contribution in [0.25, 0.3) is 0 Å². The van der Waals surface area contributed by atoms with E-state index in [1.807, 2.05) is 62.6 Å². The maximum absolute atomic E-state index is 12.0. The van der Waals surface area contributed by atoms with Gasteiger partial charge < -0.3 is 10.1 Å². The molecule has 116 valence electrons. The van der Waals surface area contributed by atoms with Crippen LogP contribution in [0.5, 0.6) is 5.75 Å². The number of carbonyl (C=O) groups excluding carboxylic acids is 1. The fraction of sp³-hybridized carbons (Fsp3) is 0.278. The van der Waals surface area contributed by atoms with Crippen LogP contribution in [0.2, 0.25) is 0 Å². The zero-order valence-corrected chi connectivity index (χ0v) is 14.0. The van der Waals surface area contributed by atoms with Crippen molar-refractivity contribution < 1.29 is 9.53 Å². The first-order chi connectivity index (χ1) is 10.6. The van der Waals surface area contributed by atoms with E-state index in [0.29, 0.717) is 13.0 Å². The molecule has 0 spiro atoms. The molecule has 0 saturated heterocycles. The van der Waals surface area contributed by atoms with Crippen molar-refractivity contribution in [3.8, 4) is 5.75 Å². The largest absolute Gasteiger partial charge is 0.493 e. The van der Waals surface area contributed by atoms with Crippen molar-refractivity contribution in [1.82, 2.24) is 0 Å². The maximum atomic E-state index is 12.0. The quantitative estimate of drug-likeness (QED) is 0.801. The summed E-state index contributed by atoms with van der Waals surface area (Å²) >= 11 is 1.62. The first-order valence-corrected chi connectivity index (χ1v) is 8.46. The molecule has 1 N–H and O–H groups in total. The molecule has 3 nitrogen and oxygen atoms in total. The van der Waals surface area contributed by atoms with Crippen LogP contribution < -0.4 is 10.1 Å². The monoisotopic (exact) mass is 315 g/mol. The second-order valence-corrected chi connectivity index (χ2v) is 5.89. The zero-order valence-electron chi connectivity index (χ0n) is 13.2. The number of anilines is 1. The van der Waals surface area contributed by atoms with Gasteiger partial charge >= 0.3 is 0 Å². The van der Waals surface area contributed by atoms with Crippen LogP contribution in [-0.2, 0) is 4.79 Å². The van der Waals surface area contributed by atoms with Crippen LogP contribution in [0.1, 0.15) is 17.5 Å². The minimum absolute atomic E-state index is 0.0354. The number of benzene rings is 2. The summed E-state index contributed by atoms with van der Waals surface area (Å²) < 4.78 is 5.72. The molecule has 2 rings (SSSR count). The Morgan fingerprint density at radius 1 is 1.14 bits per heavy atom. The lowest BCUT2D eigenvalue weighted by atomic mass is 10.1. The second kappa shape index (κ2) is 7.90. The molecule has 0 aromatic heterocycles. The van der Waals surface area contributed by atoms with Gasteiger partial charge in [-0.1, -0.05) is 24.3 Å². The van der Waals surface area contributed by atoms with E-state index in [-0.39, 0.29) is 5.91 Å². The minimum atomic E-state index is -0.0354. The lowest BCUT2D eigenvalue weighted by molar-refractivity contribution is -0.116. The van der Waals surface area contributed by atoms with Gasteiger partial charge in [-0.3, -0.25) is 4.79 Å². The van der Waals surface area contributed by atoms with Crippen molar-refractivity contribution in [3.05, 3.63) is 53.6 Å². The Labute approximate surface area is 136 Å². The highest BCUT2D eigenvalue weighted by molar-refractivity contribution is 7.98. The first-order valence-electron chi connectivity index (χ1n) is 7.23. The van der Waals surface area contributed by atoms with Crippen LogP contribution in [0.3, 0.4) is 0 Å². The Balaban J connectivity index is 1.87. The lowest BCUT2D eigenvalue weighted by Gasteiger charge is -2.12. The molecule has 4 heteroatoms. The number of hydrogen-bond donors (Lipinski definition) is 1. The predicted molar refractivity (Wildman–Crippen MR) is 92.9 cm³/mol.